The maximum atomic E-state index is 12.8. The van der Waals surface area contributed by atoms with Crippen LogP contribution in [0.25, 0.3) is 0 Å². The van der Waals surface area contributed by atoms with Crippen molar-refractivity contribution in [2.24, 2.45) is 0 Å². The lowest BCUT2D eigenvalue weighted by molar-refractivity contribution is -0.139. The second-order valence-electron chi connectivity index (χ2n) is 8.61. The Balaban J connectivity index is 1.53. The fourth-order valence-electron chi connectivity index (χ4n) is 3.54. The standard InChI is InChI=1S/C22H29N3O4/c1-15(29-19-7-5-17(6-8-19)22(2,3)4)20(26)24-11-9-18(10-12-24)25-14-16(13-23-25)21(27)28/h5-8,13-15,18H,9-12H2,1-4H3,(H,27,28). The minimum absolute atomic E-state index is 0.0324. The van der Waals surface area contributed by atoms with E-state index in [-0.39, 0.29) is 22.9 Å². The van der Waals surface area contributed by atoms with Gasteiger partial charge in [0.25, 0.3) is 5.91 Å². The summed E-state index contributed by atoms with van der Waals surface area (Å²) in [5.74, 6) is -0.327. The van der Waals surface area contributed by atoms with E-state index >= 15 is 0 Å². The summed E-state index contributed by atoms with van der Waals surface area (Å²) in [5.41, 5.74) is 1.47. The number of carboxylic acid groups (broad SMARTS) is 1. The third-order valence-electron chi connectivity index (χ3n) is 5.38. The topological polar surface area (TPSA) is 84.7 Å². The number of aromatic carboxylic acids is 1. The fourth-order valence-corrected chi connectivity index (χ4v) is 3.54. The number of hydrogen-bond donors (Lipinski definition) is 1. The molecular weight excluding hydrogens is 370 g/mol. The third-order valence-corrected chi connectivity index (χ3v) is 5.38. The molecule has 1 N–H and O–H groups in total. The molecule has 1 aliphatic rings. The van der Waals surface area contributed by atoms with Crippen LogP contribution in [0.5, 0.6) is 5.75 Å². The molecule has 1 saturated heterocycles. The van der Waals surface area contributed by atoms with Crippen molar-refractivity contribution in [1.82, 2.24) is 14.7 Å². The molecule has 2 aromatic rings. The Kier molecular flexibility index (Phi) is 5.96. The first-order valence-electron chi connectivity index (χ1n) is 9.98. The first-order chi connectivity index (χ1) is 13.6. The Morgan fingerprint density at radius 2 is 1.79 bits per heavy atom. The van der Waals surface area contributed by atoms with Crippen LogP contribution >= 0.6 is 0 Å². The Labute approximate surface area is 171 Å². The molecule has 2 heterocycles. The monoisotopic (exact) mass is 399 g/mol. The molecule has 1 aromatic heterocycles. The number of amides is 1. The van der Waals surface area contributed by atoms with Gasteiger partial charge in [-0.05, 0) is 42.9 Å². The van der Waals surface area contributed by atoms with Gasteiger partial charge in [-0.25, -0.2) is 4.79 Å². The van der Waals surface area contributed by atoms with Gasteiger partial charge in [-0.1, -0.05) is 32.9 Å². The summed E-state index contributed by atoms with van der Waals surface area (Å²) >= 11 is 0. The lowest BCUT2D eigenvalue weighted by Crippen LogP contribution is -2.45. The highest BCUT2D eigenvalue weighted by Crippen LogP contribution is 2.26. The average Bonchev–Trinajstić information content (AvgIpc) is 3.18. The predicted molar refractivity (Wildman–Crippen MR) is 109 cm³/mol. The largest absolute Gasteiger partial charge is 0.481 e. The van der Waals surface area contributed by atoms with E-state index < -0.39 is 12.1 Å². The second-order valence-corrected chi connectivity index (χ2v) is 8.61. The molecule has 1 unspecified atom stereocenters. The molecule has 156 valence electrons. The number of hydrogen-bond acceptors (Lipinski definition) is 4. The lowest BCUT2D eigenvalue weighted by atomic mass is 9.87. The van der Waals surface area contributed by atoms with Crippen LogP contribution in [0.1, 0.15) is 62.5 Å². The van der Waals surface area contributed by atoms with Crippen molar-refractivity contribution in [3.63, 3.8) is 0 Å². The summed E-state index contributed by atoms with van der Waals surface area (Å²) in [7, 11) is 0. The number of benzene rings is 1. The van der Waals surface area contributed by atoms with Crippen LogP contribution in [0.3, 0.4) is 0 Å². The summed E-state index contributed by atoms with van der Waals surface area (Å²) in [6.07, 6.45) is 3.83. The van der Waals surface area contributed by atoms with Crippen LogP contribution in [0.2, 0.25) is 0 Å². The summed E-state index contributed by atoms with van der Waals surface area (Å²) in [6.45, 7) is 9.45. The first kappa shape index (κ1) is 20.9. The number of carboxylic acids is 1. The molecule has 7 nitrogen and oxygen atoms in total. The highest BCUT2D eigenvalue weighted by Gasteiger charge is 2.28. The zero-order valence-electron chi connectivity index (χ0n) is 17.5. The van der Waals surface area contributed by atoms with Crippen molar-refractivity contribution >= 4 is 11.9 Å². The maximum absolute atomic E-state index is 12.8. The van der Waals surface area contributed by atoms with Gasteiger partial charge in [-0.2, -0.15) is 5.10 Å². The van der Waals surface area contributed by atoms with E-state index in [9.17, 15) is 9.59 Å². The van der Waals surface area contributed by atoms with Crippen molar-refractivity contribution in [1.29, 1.82) is 0 Å². The normalized spacial score (nSPS) is 16.5. The van der Waals surface area contributed by atoms with Crippen molar-refractivity contribution in [3.8, 4) is 5.75 Å². The van der Waals surface area contributed by atoms with Crippen LogP contribution in [0, 0.1) is 0 Å². The van der Waals surface area contributed by atoms with Gasteiger partial charge in [-0.3, -0.25) is 9.48 Å². The first-order valence-corrected chi connectivity index (χ1v) is 9.98. The highest BCUT2D eigenvalue weighted by atomic mass is 16.5. The quantitative estimate of drug-likeness (QED) is 0.832. The van der Waals surface area contributed by atoms with Crippen molar-refractivity contribution in [2.75, 3.05) is 13.1 Å². The summed E-state index contributed by atoms with van der Waals surface area (Å²) in [5, 5.41) is 13.2. The van der Waals surface area contributed by atoms with Crippen molar-refractivity contribution in [2.45, 2.75) is 58.1 Å². The maximum Gasteiger partial charge on any atom is 0.338 e. The Morgan fingerprint density at radius 1 is 1.17 bits per heavy atom. The average molecular weight is 399 g/mol. The molecule has 0 aliphatic carbocycles. The Hall–Kier alpha value is -2.83. The van der Waals surface area contributed by atoms with Crippen LogP contribution in [0.4, 0.5) is 0 Å². The molecule has 1 aromatic carbocycles. The zero-order valence-corrected chi connectivity index (χ0v) is 17.5. The van der Waals surface area contributed by atoms with E-state index in [1.807, 2.05) is 29.2 Å². The van der Waals surface area contributed by atoms with Gasteiger partial charge >= 0.3 is 5.97 Å². The molecule has 1 fully saturated rings. The number of aromatic nitrogens is 2. The van der Waals surface area contributed by atoms with E-state index in [1.54, 1.807) is 17.8 Å². The molecule has 29 heavy (non-hydrogen) atoms. The zero-order chi connectivity index (χ0) is 21.2. The van der Waals surface area contributed by atoms with Crippen LogP contribution in [-0.2, 0) is 10.2 Å². The number of likely N-dealkylation sites (tertiary alicyclic amines) is 1. The molecule has 0 spiro atoms. The van der Waals surface area contributed by atoms with Gasteiger partial charge in [0.15, 0.2) is 6.10 Å². The molecular formula is C22H29N3O4. The van der Waals surface area contributed by atoms with Gasteiger partial charge < -0.3 is 14.7 Å². The molecule has 1 atom stereocenters. The number of piperidine rings is 1. The van der Waals surface area contributed by atoms with Crippen LogP contribution in [0.15, 0.2) is 36.7 Å². The van der Waals surface area contributed by atoms with E-state index in [2.05, 4.69) is 25.9 Å². The minimum Gasteiger partial charge on any atom is -0.481 e. The van der Waals surface area contributed by atoms with Crippen molar-refractivity contribution < 1.29 is 19.4 Å². The number of nitrogens with zero attached hydrogens (tertiary/aromatic N) is 3. The van der Waals surface area contributed by atoms with E-state index in [4.69, 9.17) is 9.84 Å². The highest BCUT2D eigenvalue weighted by molar-refractivity contribution is 5.86. The van der Waals surface area contributed by atoms with Crippen molar-refractivity contribution in [3.05, 3.63) is 47.8 Å². The predicted octanol–water partition coefficient (Wildman–Crippen LogP) is 3.51. The summed E-state index contributed by atoms with van der Waals surface area (Å²) < 4.78 is 7.56. The number of ether oxygens (including phenoxy) is 1. The smallest absolute Gasteiger partial charge is 0.338 e. The SMILES string of the molecule is CC(Oc1ccc(C(C)(C)C)cc1)C(=O)N1CCC(n2cc(C(=O)O)cn2)CC1. The van der Waals surface area contributed by atoms with Gasteiger partial charge in [0.05, 0.1) is 17.8 Å². The van der Waals surface area contributed by atoms with E-state index in [0.29, 0.717) is 18.8 Å². The molecule has 0 saturated carbocycles. The molecule has 0 bridgehead atoms. The molecule has 1 aliphatic heterocycles. The summed E-state index contributed by atoms with van der Waals surface area (Å²) in [4.78, 5) is 25.6. The summed E-state index contributed by atoms with van der Waals surface area (Å²) in [6, 6.07) is 8.00. The fraction of sp³-hybridized carbons (Fsp3) is 0.500. The van der Waals surface area contributed by atoms with Gasteiger partial charge in [0.2, 0.25) is 0 Å². The molecule has 0 radical (unpaired) electrons. The Morgan fingerprint density at radius 3 is 2.31 bits per heavy atom. The number of rotatable bonds is 5. The molecule has 1 amide bonds. The van der Waals surface area contributed by atoms with Gasteiger partial charge in [-0.15, -0.1) is 0 Å². The van der Waals surface area contributed by atoms with Crippen LogP contribution in [-0.4, -0.2) is 50.9 Å². The van der Waals surface area contributed by atoms with Gasteiger partial charge in [0, 0.05) is 19.3 Å². The van der Waals surface area contributed by atoms with E-state index in [1.165, 1.54) is 11.8 Å². The number of carbonyl (C=O) groups excluding carboxylic acids is 1. The third kappa shape index (κ3) is 4.96. The number of carbonyl (C=O) groups is 2. The van der Waals surface area contributed by atoms with Gasteiger partial charge in [0.1, 0.15) is 5.75 Å². The van der Waals surface area contributed by atoms with Crippen LogP contribution < -0.4 is 4.74 Å². The molecule has 7 heteroatoms. The molecule has 3 rings (SSSR count). The Bertz CT molecular complexity index is 859. The minimum atomic E-state index is -0.981. The second kappa shape index (κ2) is 8.27. The van der Waals surface area contributed by atoms with E-state index in [0.717, 1.165) is 12.8 Å². The lowest BCUT2D eigenvalue weighted by Gasteiger charge is -2.33.